The number of hydrogen-bond acceptors (Lipinski definition) is 4. The summed E-state index contributed by atoms with van der Waals surface area (Å²) in [6, 6.07) is 9.27. The summed E-state index contributed by atoms with van der Waals surface area (Å²) in [4.78, 5) is 39.9. The Morgan fingerprint density at radius 2 is 1.71 bits per heavy atom. The lowest BCUT2D eigenvalue weighted by Crippen LogP contribution is -2.59. The van der Waals surface area contributed by atoms with Crippen LogP contribution < -0.4 is 16.2 Å². The van der Waals surface area contributed by atoms with Crippen molar-refractivity contribution in [1.82, 2.24) is 9.47 Å². The van der Waals surface area contributed by atoms with Crippen LogP contribution in [0.15, 0.2) is 35.1 Å². The van der Waals surface area contributed by atoms with Crippen LogP contribution in [0.25, 0.3) is 0 Å². The summed E-state index contributed by atoms with van der Waals surface area (Å²) in [7, 11) is 1.68. The highest BCUT2D eigenvalue weighted by atomic mass is 16.2. The largest absolute Gasteiger partial charge is 0.369 e. The summed E-state index contributed by atoms with van der Waals surface area (Å²) < 4.78 is 1.51. The Balaban J connectivity index is 1.55. The number of likely N-dealkylation sites (tertiary alicyclic amines) is 1. The van der Waals surface area contributed by atoms with Gasteiger partial charge in [0.25, 0.3) is 11.5 Å². The first-order chi connectivity index (χ1) is 13.3. The monoisotopic (exact) mass is 380 g/mol. The summed E-state index contributed by atoms with van der Waals surface area (Å²) in [5.74, 6) is -0.337. The molecule has 0 bridgehead atoms. The van der Waals surface area contributed by atoms with Crippen molar-refractivity contribution < 1.29 is 9.59 Å². The summed E-state index contributed by atoms with van der Waals surface area (Å²) in [5.41, 5.74) is 2.60. The molecule has 3 heterocycles. The standard InChI is InChI=1S/C21H24N4O3/c1-13-12-15(18(26)24(3)14(13)2)19(27)25-10-8-21(9-11-25)20(28)22-16-6-4-5-7-17(16)23-21/h4-7,12,23H,8-11H2,1-3H3,(H,22,28). The van der Waals surface area contributed by atoms with Crippen LogP contribution in [0.2, 0.25) is 0 Å². The van der Waals surface area contributed by atoms with Crippen molar-refractivity contribution in [3.63, 3.8) is 0 Å². The molecule has 7 heteroatoms. The van der Waals surface area contributed by atoms with Gasteiger partial charge in [-0.3, -0.25) is 14.4 Å². The zero-order valence-electron chi connectivity index (χ0n) is 16.3. The minimum atomic E-state index is -0.723. The highest BCUT2D eigenvalue weighted by Crippen LogP contribution is 2.36. The van der Waals surface area contributed by atoms with Crippen LogP contribution in [-0.2, 0) is 11.8 Å². The fourth-order valence-corrected chi connectivity index (χ4v) is 4.00. The second kappa shape index (κ2) is 6.51. The van der Waals surface area contributed by atoms with E-state index in [-0.39, 0.29) is 22.9 Å². The molecule has 4 rings (SSSR count). The topological polar surface area (TPSA) is 83.4 Å². The van der Waals surface area contributed by atoms with Crippen molar-refractivity contribution in [2.24, 2.45) is 7.05 Å². The lowest BCUT2D eigenvalue weighted by Gasteiger charge is -2.44. The van der Waals surface area contributed by atoms with Gasteiger partial charge in [0.05, 0.1) is 11.4 Å². The number of nitrogens with one attached hydrogen (secondary N) is 2. The number of aryl methyl sites for hydroxylation is 1. The average molecular weight is 380 g/mol. The number of hydrogen-bond donors (Lipinski definition) is 2. The van der Waals surface area contributed by atoms with Gasteiger partial charge in [0.1, 0.15) is 11.1 Å². The molecular formula is C21H24N4O3. The van der Waals surface area contributed by atoms with Crippen molar-refractivity contribution >= 4 is 23.2 Å². The van der Waals surface area contributed by atoms with Crippen LogP contribution in [0, 0.1) is 13.8 Å². The molecule has 0 aliphatic carbocycles. The molecule has 1 aromatic carbocycles. The van der Waals surface area contributed by atoms with Gasteiger partial charge in [-0.15, -0.1) is 0 Å². The highest BCUT2D eigenvalue weighted by molar-refractivity contribution is 6.06. The third kappa shape index (κ3) is 2.78. The van der Waals surface area contributed by atoms with Crippen LogP contribution >= 0.6 is 0 Å². The van der Waals surface area contributed by atoms with E-state index in [4.69, 9.17) is 0 Å². The Morgan fingerprint density at radius 3 is 2.39 bits per heavy atom. The van der Waals surface area contributed by atoms with Crippen LogP contribution in [0.3, 0.4) is 0 Å². The molecule has 28 heavy (non-hydrogen) atoms. The lowest BCUT2D eigenvalue weighted by atomic mass is 9.84. The van der Waals surface area contributed by atoms with Gasteiger partial charge >= 0.3 is 0 Å². The van der Waals surface area contributed by atoms with Crippen molar-refractivity contribution in [1.29, 1.82) is 0 Å². The minimum Gasteiger partial charge on any atom is -0.369 e. The van der Waals surface area contributed by atoms with Gasteiger partial charge in [-0.2, -0.15) is 0 Å². The van der Waals surface area contributed by atoms with E-state index in [0.717, 1.165) is 22.6 Å². The Kier molecular flexibility index (Phi) is 4.25. The van der Waals surface area contributed by atoms with E-state index in [1.807, 2.05) is 38.1 Å². The number of pyridine rings is 1. The van der Waals surface area contributed by atoms with Gasteiger partial charge < -0.3 is 20.1 Å². The normalized spacial score (nSPS) is 17.7. The molecule has 2 N–H and O–H groups in total. The van der Waals surface area contributed by atoms with Crippen molar-refractivity contribution in [2.45, 2.75) is 32.2 Å². The van der Waals surface area contributed by atoms with E-state index >= 15 is 0 Å². The van der Waals surface area contributed by atoms with E-state index in [1.165, 1.54) is 4.57 Å². The second-order valence-corrected chi connectivity index (χ2v) is 7.69. The number of amides is 2. The maximum Gasteiger partial charge on any atom is 0.263 e. The predicted octanol–water partition coefficient (Wildman–Crippen LogP) is 2.04. The zero-order chi connectivity index (χ0) is 20.1. The van der Waals surface area contributed by atoms with Crippen LogP contribution in [0.4, 0.5) is 11.4 Å². The van der Waals surface area contributed by atoms with Gasteiger partial charge in [-0.05, 0) is 50.5 Å². The summed E-state index contributed by atoms with van der Waals surface area (Å²) in [5, 5.41) is 6.35. The fourth-order valence-electron chi connectivity index (χ4n) is 4.00. The fraction of sp³-hybridized carbons (Fsp3) is 0.381. The SMILES string of the molecule is Cc1cc(C(=O)N2CCC3(CC2)Nc2ccccc2NC3=O)c(=O)n(C)c1C. The summed E-state index contributed by atoms with van der Waals surface area (Å²) in [6.07, 6.45) is 0.980. The molecule has 0 radical (unpaired) electrons. The maximum absolute atomic E-state index is 13.0. The van der Waals surface area contributed by atoms with Gasteiger partial charge in [0.2, 0.25) is 5.91 Å². The highest BCUT2D eigenvalue weighted by Gasteiger charge is 2.45. The smallest absolute Gasteiger partial charge is 0.263 e. The number of piperidine rings is 1. The van der Waals surface area contributed by atoms with Gasteiger partial charge in [-0.25, -0.2) is 0 Å². The molecule has 1 fully saturated rings. The van der Waals surface area contributed by atoms with Gasteiger partial charge in [-0.1, -0.05) is 12.1 Å². The summed E-state index contributed by atoms with van der Waals surface area (Å²) >= 11 is 0. The predicted molar refractivity (Wildman–Crippen MR) is 108 cm³/mol. The molecule has 0 unspecified atom stereocenters. The van der Waals surface area contributed by atoms with E-state index in [2.05, 4.69) is 10.6 Å². The lowest BCUT2D eigenvalue weighted by molar-refractivity contribution is -0.122. The molecule has 1 saturated heterocycles. The first-order valence-corrected chi connectivity index (χ1v) is 9.47. The average Bonchev–Trinajstić information content (AvgIpc) is 2.70. The third-order valence-electron chi connectivity index (χ3n) is 6.09. The number of carbonyl (C=O) groups is 2. The molecule has 146 valence electrons. The minimum absolute atomic E-state index is 0.0691. The van der Waals surface area contributed by atoms with E-state index < -0.39 is 5.54 Å². The molecule has 0 saturated carbocycles. The number of benzene rings is 1. The van der Waals surface area contributed by atoms with E-state index in [1.54, 1.807) is 18.0 Å². The van der Waals surface area contributed by atoms with E-state index in [0.29, 0.717) is 25.9 Å². The van der Waals surface area contributed by atoms with Crippen molar-refractivity contribution in [2.75, 3.05) is 23.7 Å². The Bertz CT molecular complexity index is 1030. The maximum atomic E-state index is 13.0. The second-order valence-electron chi connectivity index (χ2n) is 7.69. The molecule has 2 aliphatic heterocycles. The molecular weight excluding hydrogens is 356 g/mol. The molecule has 7 nitrogen and oxygen atoms in total. The van der Waals surface area contributed by atoms with Gasteiger partial charge in [0.15, 0.2) is 0 Å². The number of anilines is 2. The van der Waals surface area contributed by atoms with Crippen LogP contribution in [0.1, 0.15) is 34.5 Å². The molecule has 2 aromatic rings. The van der Waals surface area contributed by atoms with Crippen molar-refractivity contribution in [3.05, 3.63) is 57.5 Å². The molecule has 0 atom stereocenters. The third-order valence-corrected chi connectivity index (χ3v) is 6.09. The number of para-hydroxylation sites is 2. The number of fused-ring (bicyclic) bond motifs is 1. The number of carbonyl (C=O) groups excluding carboxylic acids is 2. The number of nitrogens with zero attached hydrogens (tertiary/aromatic N) is 2. The quantitative estimate of drug-likeness (QED) is 0.793. The van der Waals surface area contributed by atoms with Crippen LogP contribution in [0.5, 0.6) is 0 Å². The van der Waals surface area contributed by atoms with Crippen molar-refractivity contribution in [3.8, 4) is 0 Å². The first kappa shape index (κ1) is 18.3. The number of rotatable bonds is 1. The Morgan fingerprint density at radius 1 is 1.07 bits per heavy atom. The van der Waals surface area contributed by atoms with Gasteiger partial charge in [0, 0.05) is 25.8 Å². The molecule has 2 amide bonds. The van der Waals surface area contributed by atoms with E-state index in [9.17, 15) is 14.4 Å². The Labute approximate surface area is 163 Å². The molecule has 1 aromatic heterocycles. The zero-order valence-corrected chi connectivity index (χ0v) is 16.3. The molecule has 1 spiro atoms. The summed E-state index contributed by atoms with van der Waals surface area (Å²) in [6.45, 7) is 4.58. The van der Waals surface area contributed by atoms with Crippen LogP contribution in [-0.4, -0.2) is 39.9 Å². The Hall–Kier alpha value is -3.09. The molecule has 2 aliphatic rings. The first-order valence-electron chi connectivity index (χ1n) is 9.47. The number of aromatic nitrogens is 1.